The Hall–Kier alpha value is -4.42. The van der Waals surface area contributed by atoms with E-state index in [1.54, 1.807) is 12.1 Å². The lowest BCUT2D eigenvalue weighted by Gasteiger charge is -2.26. The molecule has 2 heterocycles. The summed E-state index contributed by atoms with van der Waals surface area (Å²) in [6.07, 6.45) is 2.96. The number of Topliss-reactive ketones (excluding diaryl/α,β-unsaturated/α-hetero) is 1. The van der Waals surface area contributed by atoms with Crippen LogP contribution < -0.4 is 15.5 Å². The van der Waals surface area contributed by atoms with Crippen molar-refractivity contribution in [2.24, 2.45) is 11.8 Å². The molecule has 13 heteroatoms. The molecule has 0 saturated carbocycles. The summed E-state index contributed by atoms with van der Waals surface area (Å²) in [4.78, 5) is 66.1. The van der Waals surface area contributed by atoms with Crippen LogP contribution in [0.25, 0.3) is 0 Å². The third-order valence-corrected chi connectivity index (χ3v) is 7.91. The summed E-state index contributed by atoms with van der Waals surface area (Å²) in [6, 6.07) is 6.36. The molecule has 0 fully saturated rings. The quantitative estimate of drug-likeness (QED) is 0.295. The summed E-state index contributed by atoms with van der Waals surface area (Å²) >= 11 is 0. The number of aromatic amines is 1. The molecule has 2 aromatic rings. The van der Waals surface area contributed by atoms with E-state index in [1.165, 1.54) is 4.90 Å². The van der Waals surface area contributed by atoms with E-state index in [0.717, 1.165) is 12.0 Å². The number of anilines is 1. The fraction of sp³-hybridized carbons (Fsp3) is 0.500. The number of nitrogens with zero attached hydrogens (tertiary/aromatic N) is 4. The predicted octanol–water partition coefficient (Wildman–Crippen LogP) is 1.47. The number of allylic oxidation sites excluding steroid dienone is 1. The first kappa shape index (κ1) is 29.6. The van der Waals surface area contributed by atoms with Gasteiger partial charge >= 0.3 is 5.97 Å². The Kier molecular flexibility index (Phi) is 9.58. The van der Waals surface area contributed by atoms with E-state index < -0.39 is 35.7 Å². The summed E-state index contributed by atoms with van der Waals surface area (Å²) in [5, 5.41) is 28.4. The van der Waals surface area contributed by atoms with Gasteiger partial charge in [-0.2, -0.15) is 5.21 Å². The number of fused-ring (bicyclic) bond motifs is 1. The van der Waals surface area contributed by atoms with Crippen LogP contribution >= 0.6 is 0 Å². The van der Waals surface area contributed by atoms with Gasteiger partial charge in [-0.3, -0.25) is 24.1 Å². The number of aliphatic carboxylic acids is 1. The molecule has 0 bridgehead atoms. The molecule has 1 aromatic heterocycles. The summed E-state index contributed by atoms with van der Waals surface area (Å²) in [5.74, 6) is -3.37. The Bertz CT molecular complexity index is 1340. The Morgan fingerprint density at radius 3 is 2.51 bits per heavy atom. The molecule has 0 spiro atoms. The number of ketones is 1. The van der Waals surface area contributed by atoms with Crippen molar-refractivity contribution in [1.82, 2.24) is 31.3 Å². The van der Waals surface area contributed by atoms with Gasteiger partial charge in [0, 0.05) is 35.6 Å². The van der Waals surface area contributed by atoms with Gasteiger partial charge in [0.05, 0.1) is 13.1 Å². The maximum absolute atomic E-state index is 13.5. The average molecular weight is 566 g/mol. The number of H-pyrrole nitrogens is 1. The number of hydrogen-bond donors (Lipinski definition) is 4. The highest BCUT2D eigenvalue weighted by molar-refractivity contribution is 6.06. The number of carbonyl (C=O) groups is 5. The number of hydrogen-bond acceptors (Lipinski definition) is 8. The van der Waals surface area contributed by atoms with Crippen LogP contribution in [0.3, 0.4) is 0 Å². The summed E-state index contributed by atoms with van der Waals surface area (Å²) in [6.45, 7) is 3.42. The van der Waals surface area contributed by atoms with Crippen molar-refractivity contribution >= 4 is 35.2 Å². The fourth-order valence-electron chi connectivity index (χ4n) is 5.43. The largest absolute Gasteiger partial charge is 0.478 e. The van der Waals surface area contributed by atoms with Crippen molar-refractivity contribution in [3.63, 3.8) is 0 Å². The molecule has 13 nitrogen and oxygen atoms in total. The van der Waals surface area contributed by atoms with Gasteiger partial charge in [-0.1, -0.05) is 43.7 Å². The minimum atomic E-state index is -1.09. The van der Waals surface area contributed by atoms with Crippen LogP contribution in [0, 0.1) is 11.8 Å². The molecule has 0 radical (unpaired) electrons. The number of amides is 3. The molecule has 41 heavy (non-hydrogen) atoms. The third kappa shape index (κ3) is 6.84. The van der Waals surface area contributed by atoms with Gasteiger partial charge in [0.25, 0.3) is 0 Å². The van der Waals surface area contributed by atoms with Crippen molar-refractivity contribution in [1.29, 1.82) is 0 Å². The Morgan fingerprint density at radius 1 is 1.10 bits per heavy atom. The molecule has 3 amide bonds. The van der Waals surface area contributed by atoms with Crippen LogP contribution in [0.5, 0.6) is 0 Å². The zero-order valence-electron chi connectivity index (χ0n) is 23.2. The van der Waals surface area contributed by atoms with Crippen molar-refractivity contribution in [2.45, 2.75) is 71.4 Å². The molecular formula is C28H35N7O6. The first-order chi connectivity index (χ1) is 19.7. The Balaban J connectivity index is 1.45. The topological polar surface area (TPSA) is 187 Å². The maximum Gasteiger partial charge on any atom is 0.331 e. The highest BCUT2D eigenvalue weighted by atomic mass is 16.4. The van der Waals surface area contributed by atoms with E-state index in [4.69, 9.17) is 0 Å². The summed E-state index contributed by atoms with van der Waals surface area (Å²) < 4.78 is 0. The molecule has 1 aromatic carbocycles. The van der Waals surface area contributed by atoms with Crippen LogP contribution in [-0.4, -0.2) is 67.8 Å². The molecule has 218 valence electrons. The summed E-state index contributed by atoms with van der Waals surface area (Å²) in [7, 11) is 0. The number of tetrazole rings is 1. The second kappa shape index (κ2) is 13.3. The van der Waals surface area contributed by atoms with Crippen LogP contribution in [0.4, 0.5) is 5.69 Å². The number of aromatic nitrogens is 4. The van der Waals surface area contributed by atoms with Gasteiger partial charge in [0.2, 0.25) is 17.7 Å². The van der Waals surface area contributed by atoms with Gasteiger partial charge in [0.15, 0.2) is 11.6 Å². The third-order valence-electron chi connectivity index (χ3n) is 7.91. The number of rotatable bonds is 12. The lowest BCUT2D eigenvalue weighted by molar-refractivity contribution is -0.133. The Morgan fingerprint density at radius 2 is 1.83 bits per heavy atom. The molecule has 0 unspecified atom stereocenters. The molecule has 1 aliphatic heterocycles. The molecule has 4 rings (SSSR count). The van der Waals surface area contributed by atoms with Crippen molar-refractivity contribution in [2.75, 3.05) is 11.4 Å². The van der Waals surface area contributed by atoms with Crippen molar-refractivity contribution < 1.29 is 29.1 Å². The average Bonchev–Trinajstić information content (AvgIpc) is 3.65. The Labute approximate surface area is 237 Å². The van der Waals surface area contributed by atoms with Gasteiger partial charge in [-0.15, -0.1) is 10.2 Å². The van der Waals surface area contributed by atoms with E-state index in [1.807, 2.05) is 26.0 Å². The number of benzene rings is 1. The van der Waals surface area contributed by atoms with Crippen LogP contribution in [0.1, 0.15) is 63.8 Å². The highest BCUT2D eigenvalue weighted by Crippen LogP contribution is 2.33. The van der Waals surface area contributed by atoms with Crippen LogP contribution in [0.2, 0.25) is 0 Å². The minimum absolute atomic E-state index is 0.0333. The second-order valence-electron chi connectivity index (χ2n) is 10.5. The molecular weight excluding hydrogens is 530 g/mol. The number of carboxylic acids is 1. The van der Waals surface area contributed by atoms with Gasteiger partial charge in [-0.05, 0) is 43.2 Å². The normalized spacial score (nSPS) is 17.9. The number of nitrogens with one attached hydrogen (secondary N) is 3. The number of para-hydroxylation sites is 1. The maximum atomic E-state index is 13.5. The van der Waals surface area contributed by atoms with Crippen molar-refractivity contribution in [3.8, 4) is 0 Å². The SMILES string of the molecule is CC[C@H](C)[C@H](CC(=O)C1=C(C(=O)O)CCCC1)C(=O)NCC(=O)N1c2ccccc2C[C@H]1C(=O)NCc1nn[nH]n1. The first-order valence-electron chi connectivity index (χ1n) is 13.9. The molecule has 2 aliphatic rings. The lowest BCUT2D eigenvalue weighted by atomic mass is 9.81. The van der Waals surface area contributed by atoms with Crippen molar-refractivity contribution in [3.05, 3.63) is 46.8 Å². The lowest BCUT2D eigenvalue weighted by Crippen LogP contribution is -2.51. The van der Waals surface area contributed by atoms with Gasteiger partial charge < -0.3 is 15.7 Å². The fourth-order valence-corrected chi connectivity index (χ4v) is 5.43. The van der Waals surface area contributed by atoms with E-state index in [9.17, 15) is 29.1 Å². The van der Waals surface area contributed by atoms with Gasteiger partial charge in [0.1, 0.15) is 6.04 Å². The zero-order chi connectivity index (χ0) is 29.5. The monoisotopic (exact) mass is 565 g/mol. The zero-order valence-corrected chi connectivity index (χ0v) is 23.2. The van der Waals surface area contributed by atoms with Crippen LogP contribution in [0.15, 0.2) is 35.4 Å². The highest BCUT2D eigenvalue weighted by Gasteiger charge is 2.39. The molecule has 3 atom stereocenters. The number of carbonyl (C=O) groups excluding carboxylic acids is 4. The smallest absolute Gasteiger partial charge is 0.331 e. The summed E-state index contributed by atoms with van der Waals surface area (Å²) in [5.41, 5.74) is 1.84. The van der Waals surface area contributed by atoms with E-state index in [0.29, 0.717) is 49.2 Å². The molecule has 0 saturated heterocycles. The first-order valence-corrected chi connectivity index (χ1v) is 13.9. The van der Waals surface area contributed by atoms with Gasteiger partial charge in [-0.25, -0.2) is 4.79 Å². The second-order valence-corrected chi connectivity index (χ2v) is 10.5. The molecule has 4 N–H and O–H groups in total. The van der Waals surface area contributed by atoms with Crippen LogP contribution in [-0.2, 0) is 36.9 Å². The van der Waals surface area contributed by atoms with E-state index in [-0.39, 0.29) is 36.8 Å². The van der Waals surface area contributed by atoms with E-state index >= 15 is 0 Å². The molecule has 1 aliphatic carbocycles. The number of carboxylic acid groups (broad SMARTS) is 1. The predicted molar refractivity (Wildman–Crippen MR) is 146 cm³/mol. The van der Waals surface area contributed by atoms with E-state index in [2.05, 4.69) is 31.3 Å². The minimum Gasteiger partial charge on any atom is -0.478 e. The standard InChI is InChI=1S/C28H35N7O6/c1-3-16(2)20(13-23(36)18-9-5-6-10-19(18)28(40)41)26(38)30-15-25(37)35-21-11-7-4-8-17(21)12-22(35)27(39)29-14-24-31-33-34-32-24/h4,7-8,11,16,20,22H,3,5-6,9-10,12-15H2,1-2H3,(H,29,39)(H,30,38)(H,40,41)(H,31,32,33,34)/t16-,20-,22-/m0/s1.